The Labute approximate surface area is 115 Å². The molecule has 19 heavy (non-hydrogen) atoms. The molecular formula is C12H17N3O3S. The molecule has 0 saturated heterocycles. The number of carboxylic acids is 1. The number of carbonyl (C=O) groups excluding carboxylic acids is 1. The van der Waals surface area contributed by atoms with Gasteiger partial charge < -0.3 is 10.4 Å². The van der Waals surface area contributed by atoms with Crippen molar-refractivity contribution < 1.29 is 14.7 Å². The smallest absolute Gasteiger partial charge is 0.329 e. The molecule has 0 atom stereocenters. The highest BCUT2D eigenvalue weighted by molar-refractivity contribution is 7.13. The number of anilines is 1. The third-order valence-corrected chi connectivity index (χ3v) is 4.23. The van der Waals surface area contributed by atoms with Crippen LogP contribution in [-0.2, 0) is 4.79 Å². The van der Waals surface area contributed by atoms with E-state index in [1.54, 1.807) is 11.6 Å². The molecule has 1 aromatic rings. The van der Waals surface area contributed by atoms with E-state index in [1.807, 2.05) is 0 Å². The number of carboxylic acid groups (broad SMARTS) is 1. The Morgan fingerprint density at radius 2 is 2.16 bits per heavy atom. The summed E-state index contributed by atoms with van der Waals surface area (Å²) in [7, 11) is 0. The first-order valence-corrected chi connectivity index (χ1v) is 7.12. The molecule has 7 heteroatoms. The quantitative estimate of drug-likeness (QED) is 0.793. The molecule has 2 amide bonds. The lowest BCUT2D eigenvalue weighted by molar-refractivity contribution is -0.146. The summed E-state index contributed by atoms with van der Waals surface area (Å²) in [5.41, 5.74) is -1.14. The summed E-state index contributed by atoms with van der Waals surface area (Å²) in [6.07, 6.45) is 4.13. The van der Waals surface area contributed by atoms with E-state index in [-0.39, 0.29) is 0 Å². The van der Waals surface area contributed by atoms with Crippen LogP contribution in [0.2, 0.25) is 0 Å². The zero-order valence-corrected chi connectivity index (χ0v) is 11.5. The first kappa shape index (κ1) is 13.8. The van der Waals surface area contributed by atoms with E-state index in [0.29, 0.717) is 23.9 Å². The number of aromatic nitrogens is 1. The largest absolute Gasteiger partial charge is 0.480 e. The number of nitrogens with zero attached hydrogens (tertiary/aromatic N) is 1. The van der Waals surface area contributed by atoms with Gasteiger partial charge in [-0.1, -0.05) is 6.92 Å². The fraction of sp³-hybridized carbons (Fsp3) is 0.583. The molecule has 1 saturated carbocycles. The van der Waals surface area contributed by atoms with Gasteiger partial charge >= 0.3 is 12.0 Å². The second-order valence-corrected chi connectivity index (χ2v) is 5.88. The molecule has 0 aliphatic heterocycles. The molecule has 0 spiro atoms. The summed E-state index contributed by atoms with van der Waals surface area (Å²) < 4.78 is 0. The molecule has 2 rings (SSSR count). The van der Waals surface area contributed by atoms with Crippen molar-refractivity contribution in [3.8, 4) is 0 Å². The SMILES string of the molecule is CC1CCC(NC(=O)Nc2nccs2)(C(=O)O)CC1. The van der Waals surface area contributed by atoms with Crippen molar-refractivity contribution in [2.75, 3.05) is 5.32 Å². The number of hydrogen-bond donors (Lipinski definition) is 3. The van der Waals surface area contributed by atoms with Crippen LogP contribution in [0.1, 0.15) is 32.6 Å². The molecule has 6 nitrogen and oxygen atoms in total. The number of thiazole rings is 1. The molecule has 1 fully saturated rings. The van der Waals surface area contributed by atoms with E-state index in [9.17, 15) is 14.7 Å². The van der Waals surface area contributed by atoms with E-state index >= 15 is 0 Å². The Balaban J connectivity index is 2.01. The molecule has 0 bridgehead atoms. The van der Waals surface area contributed by atoms with Gasteiger partial charge in [0, 0.05) is 11.6 Å². The summed E-state index contributed by atoms with van der Waals surface area (Å²) in [6.45, 7) is 2.10. The van der Waals surface area contributed by atoms with Crippen molar-refractivity contribution in [2.45, 2.75) is 38.1 Å². The summed E-state index contributed by atoms with van der Waals surface area (Å²) >= 11 is 1.29. The van der Waals surface area contributed by atoms with E-state index in [4.69, 9.17) is 0 Å². The van der Waals surface area contributed by atoms with Crippen molar-refractivity contribution in [3.63, 3.8) is 0 Å². The monoisotopic (exact) mass is 283 g/mol. The van der Waals surface area contributed by atoms with Crippen LogP contribution in [0.25, 0.3) is 0 Å². The number of aliphatic carboxylic acids is 1. The zero-order chi connectivity index (χ0) is 13.9. The molecule has 1 aliphatic rings. The van der Waals surface area contributed by atoms with Crippen molar-refractivity contribution >= 4 is 28.5 Å². The summed E-state index contributed by atoms with van der Waals surface area (Å²) in [4.78, 5) is 27.2. The summed E-state index contributed by atoms with van der Waals surface area (Å²) in [5.74, 6) is -0.454. The molecule has 104 valence electrons. The van der Waals surface area contributed by atoms with E-state index in [1.165, 1.54) is 11.3 Å². The van der Waals surface area contributed by atoms with Gasteiger partial charge in [-0.3, -0.25) is 5.32 Å². The number of rotatable bonds is 3. The average Bonchev–Trinajstić information content (AvgIpc) is 2.84. The predicted octanol–water partition coefficient (Wildman–Crippen LogP) is 2.30. The molecule has 0 aromatic carbocycles. The number of hydrogen-bond acceptors (Lipinski definition) is 4. The molecular weight excluding hydrogens is 266 g/mol. The number of nitrogens with one attached hydrogen (secondary N) is 2. The van der Waals surface area contributed by atoms with Crippen LogP contribution in [0, 0.1) is 5.92 Å². The highest BCUT2D eigenvalue weighted by Gasteiger charge is 2.42. The molecule has 1 heterocycles. The number of urea groups is 1. The van der Waals surface area contributed by atoms with Gasteiger partial charge in [0.2, 0.25) is 0 Å². The van der Waals surface area contributed by atoms with E-state index in [2.05, 4.69) is 22.5 Å². The van der Waals surface area contributed by atoms with Gasteiger partial charge in [0.05, 0.1) is 0 Å². The Kier molecular flexibility index (Phi) is 4.04. The van der Waals surface area contributed by atoms with E-state index < -0.39 is 17.5 Å². The van der Waals surface area contributed by atoms with Gasteiger partial charge in [0.15, 0.2) is 5.13 Å². The third kappa shape index (κ3) is 3.23. The normalized spacial score (nSPS) is 26.7. The maximum atomic E-state index is 11.9. The molecule has 1 aromatic heterocycles. The van der Waals surface area contributed by atoms with Crippen LogP contribution < -0.4 is 10.6 Å². The van der Waals surface area contributed by atoms with Crippen LogP contribution in [0.5, 0.6) is 0 Å². The Hall–Kier alpha value is -1.63. The first-order chi connectivity index (χ1) is 9.02. The summed E-state index contributed by atoms with van der Waals surface area (Å²) in [6, 6.07) is -0.507. The van der Waals surface area contributed by atoms with Crippen LogP contribution in [0.3, 0.4) is 0 Å². The second kappa shape index (κ2) is 5.56. The summed E-state index contributed by atoms with van der Waals surface area (Å²) in [5, 5.41) is 16.8. The van der Waals surface area contributed by atoms with Gasteiger partial charge in [-0.25, -0.2) is 14.6 Å². The standard InChI is InChI=1S/C12H17N3O3S/c1-8-2-4-12(5-3-8,9(16)17)15-10(18)14-11-13-6-7-19-11/h6-8H,2-5H2,1H3,(H,16,17)(H2,13,14,15,18). The fourth-order valence-corrected chi connectivity index (χ4v) is 2.80. The van der Waals surface area contributed by atoms with Crippen LogP contribution in [0.15, 0.2) is 11.6 Å². The van der Waals surface area contributed by atoms with Crippen molar-refractivity contribution in [3.05, 3.63) is 11.6 Å². The maximum Gasteiger partial charge on any atom is 0.329 e. The van der Waals surface area contributed by atoms with Crippen LogP contribution in [-0.4, -0.2) is 27.6 Å². The van der Waals surface area contributed by atoms with E-state index in [0.717, 1.165) is 12.8 Å². The highest BCUT2D eigenvalue weighted by atomic mass is 32.1. The minimum absolute atomic E-state index is 0.460. The fourth-order valence-electron chi connectivity index (χ4n) is 2.28. The van der Waals surface area contributed by atoms with Crippen molar-refractivity contribution in [1.82, 2.24) is 10.3 Å². The number of carbonyl (C=O) groups is 2. The first-order valence-electron chi connectivity index (χ1n) is 6.24. The van der Waals surface area contributed by atoms with Crippen LogP contribution in [0.4, 0.5) is 9.93 Å². The molecule has 1 aliphatic carbocycles. The lowest BCUT2D eigenvalue weighted by atomic mass is 9.77. The third-order valence-electron chi connectivity index (χ3n) is 3.54. The second-order valence-electron chi connectivity index (χ2n) is 4.99. The van der Waals surface area contributed by atoms with Crippen molar-refractivity contribution in [2.24, 2.45) is 5.92 Å². The Morgan fingerprint density at radius 1 is 1.47 bits per heavy atom. The number of amides is 2. The van der Waals surface area contributed by atoms with Gasteiger partial charge in [0.25, 0.3) is 0 Å². The van der Waals surface area contributed by atoms with Gasteiger partial charge in [-0.05, 0) is 31.6 Å². The topological polar surface area (TPSA) is 91.3 Å². The van der Waals surface area contributed by atoms with Gasteiger partial charge in [0.1, 0.15) is 5.54 Å². The molecule has 0 unspecified atom stereocenters. The Morgan fingerprint density at radius 3 is 2.68 bits per heavy atom. The van der Waals surface area contributed by atoms with Gasteiger partial charge in [-0.15, -0.1) is 11.3 Å². The zero-order valence-electron chi connectivity index (χ0n) is 10.7. The lowest BCUT2D eigenvalue weighted by Gasteiger charge is -2.36. The minimum atomic E-state index is -1.14. The average molecular weight is 283 g/mol. The highest BCUT2D eigenvalue weighted by Crippen LogP contribution is 2.32. The van der Waals surface area contributed by atoms with Crippen molar-refractivity contribution in [1.29, 1.82) is 0 Å². The minimum Gasteiger partial charge on any atom is -0.480 e. The maximum absolute atomic E-state index is 11.9. The predicted molar refractivity (Wildman–Crippen MR) is 72.3 cm³/mol. The molecule has 0 radical (unpaired) electrons. The van der Waals surface area contributed by atoms with Crippen LogP contribution >= 0.6 is 11.3 Å². The molecule has 3 N–H and O–H groups in total. The lowest BCUT2D eigenvalue weighted by Crippen LogP contribution is -2.57. The van der Waals surface area contributed by atoms with Gasteiger partial charge in [-0.2, -0.15) is 0 Å². The Bertz CT molecular complexity index is 453.